The lowest BCUT2D eigenvalue weighted by molar-refractivity contribution is -0.0442. The van der Waals surface area contributed by atoms with Crippen molar-refractivity contribution >= 4 is 22.5 Å². The third-order valence-electron chi connectivity index (χ3n) is 5.18. The van der Waals surface area contributed by atoms with Crippen LogP contribution in [0.2, 0.25) is 5.02 Å². The molecule has 0 unspecified atom stereocenters. The Labute approximate surface area is 175 Å². The molecule has 3 rings (SSSR count). The number of aliphatic hydroxyl groups excluding tert-OH is 1. The zero-order valence-corrected chi connectivity index (χ0v) is 17.8. The summed E-state index contributed by atoms with van der Waals surface area (Å²) in [4.78, 5) is 0. The number of allylic oxidation sites excluding steroid dienone is 4. The summed E-state index contributed by atoms with van der Waals surface area (Å²) in [6.07, 6.45) is 5.55. The fourth-order valence-electron chi connectivity index (χ4n) is 3.88. The molecular formula is C23H27ClFNO3. The van der Waals surface area contributed by atoms with Crippen LogP contribution in [0.1, 0.15) is 37.0 Å². The van der Waals surface area contributed by atoms with Gasteiger partial charge in [0.15, 0.2) is 5.83 Å². The van der Waals surface area contributed by atoms with E-state index in [1.54, 1.807) is 13.0 Å². The highest BCUT2D eigenvalue weighted by atomic mass is 35.5. The lowest BCUT2D eigenvalue weighted by Crippen LogP contribution is -2.23. The second-order valence-electron chi connectivity index (χ2n) is 7.38. The van der Waals surface area contributed by atoms with Crippen molar-refractivity contribution in [2.45, 2.75) is 45.4 Å². The van der Waals surface area contributed by atoms with Gasteiger partial charge in [-0.05, 0) is 55.7 Å². The number of ether oxygens (including phenoxy) is 2. The predicted molar refractivity (Wildman–Crippen MR) is 115 cm³/mol. The molecule has 0 aliphatic carbocycles. The van der Waals surface area contributed by atoms with E-state index in [0.717, 1.165) is 22.0 Å². The van der Waals surface area contributed by atoms with Gasteiger partial charge in [-0.2, -0.15) is 0 Å². The fourth-order valence-corrected chi connectivity index (χ4v) is 4.16. The second kappa shape index (κ2) is 9.16. The first-order chi connectivity index (χ1) is 13.8. The summed E-state index contributed by atoms with van der Waals surface area (Å²) in [5, 5.41) is 11.7. The first-order valence-electron chi connectivity index (χ1n) is 9.68. The van der Waals surface area contributed by atoms with Crippen molar-refractivity contribution in [3.8, 4) is 0 Å². The smallest absolute Gasteiger partial charge is 0.165 e. The van der Waals surface area contributed by atoms with Crippen molar-refractivity contribution in [2.24, 2.45) is 0 Å². The quantitative estimate of drug-likeness (QED) is 0.477. The molecule has 1 fully saturated rings. The fraction of sp³-hybridized carbons (Fsp3) is 0.391. The Morgan fingerprint density at radius 3 is 2.90 bits per heavy atom. The van der Waals surface area contributed by atoms with Gasteiger partial charge >= 0.3 is 0 Å². The maximum atomic E-state index is 14.3. The minimum absolute atomic E-state index is 0.178. The van der Waals surface area contributed by atoms with Crippen LogP contribution in [0.5, 0.6) is 0 Å². The van der Waals surface area contributed by atoms with Gasteiger partial charge in [0.05, 0.1) is 24.8 Å². The summed E-state index contributed by atoms with van der Waals surface area (Å²) < 4.78 is 27.3. The van der Waals surface area contributed by atoms with Crippen LogP contribution in [0.25, 0.3) is 10.9 Å². The molecule has 2 atom stereocenters. The molecule has 156 valence electrons. The lowest BCUT2D eigenvalue weighted by atomic mass is 9.98. The zero-order chi connectivity index (χ0) is 21.1. The van der Waals surface area contributed by atoms with Gasteiger partial charge in [0.1, 0.15) is 5.76 Å². The van der Waals surface area contributed by atoms with Gasteiger partial charge in [-0.3, -0.25) is 0 Å². The monoisotopic (exact) mass is 419 g/mol. The van der Waals surface area contributed by atoms with Crippen molar-refractivity contribution in [3.05, 3.63) is 70.4 Å². The Morgan fingerprint density at radius 1 is 1.48 bits per heavy atom. The summed E-state index contributed by atoms with van der Waals surface area (Å²) in [7, 11) is 1.43. The van der Waals surface area contributed by atoms with Crippen molar-refractivity contribution < 1.29 is 19.0 Å². The number of aryl methyl sites for hydroxylation is 1. The molecule has 0 spiro atoms. The van der Waals surface area contributed by atoms with Crippen LogP contribution in [0.3, 0.4) is 0 Å². The topological polar surface area (TPSA) is 43.6 Å². The molecule has 29 heavy (non-hydrogen) atoms. The molecule has 0 saturated carbocycles. The van der Waals surface area contributed by atoms with Gasteiger partial charge in [0, 0.05) is 41.7 Å². The van der Waals surface area contributed by atoms with Gasteiger partial charge in [-0.25, -0.2) is 4.39 Å². The number of hydrogen-bond donors (Lipinski definition) is 1. The van der Waals surface area contributed by atoms with E-state index >= 15 is 0 Å². The van der Waals surface area contributed by atoms with Crippen LogP contribution < -0.4 is 0 Å². The highest BCUT2D eigenvalue weighted by Crippen LogP contribution is 2.37. The summed E-state index contributed by atoms with van der Waals surface area (Å²) in [6.45, 7) is 8.64. The first kappa shape index (κ1) is 21.6. The average molecular weight is 420 g/mol. The van der Waals surface area contributed by atoms with Crippen LogP contribution in [-0.4, -0.2) is 29.5 Å². The molecule has 0 amide bonds. The van der Waals surface area contributed by atoms with Crippen molar-refractivity contribution in [3.63, 3.8) is 0 Å². The number of methoxy groups -OCH3 is 1. The number of nitrogens with zero attached hydrogens (tertiary/aromatic N) is 1. The molecule has 1 aliphatic rings. The third-order valence-corrected chi connectivity index (χ3v) is 5.40. The molecule has 6 heteroatoms. The van der Waals surface area contributed by atoms with Gasteiger partial charge in [0.25, 0.3) is 0 Å². The van der Waals surface area contributed by atoms with Crippen LogP contribution in [-0.2, 0) is 16.0 Å². The predicted octanol–water partition coefficient (Wildman–Crippen LogP) is 5.78. The summed E-state index contributed by atoms with van der Waals surface area (Å²) >= 11 is 6.32. The second-order valence-corrected chi connectivity index (χ2v) is 7.81. The Bertz CT molecular complexity index is 976. The van der Waals surface area contributed by atoms with Gasteiger partial charge in [-0.15, -0.1) is 0 Å². The van der Waals surface area contributed by atoms with E-state index in [1.165, 1.54) is 13.2 Å². The van der Waals surface area contributed by atoms with E-state index < -0.39 is 5.83 Å². The van der Waals surface area contributed by atoms with Crippen LogP contribution in [0.15, 0.2) is 54.2 Å². The number of halogens is 2. The van der Waals surface area contributed by atoms with E-state index in [9.17, 15) is 9.50 Å². The highest BCUT2D eigenvalue weighted by Gasteiger charge is 2.26. The molecular weight excluding hydrogens is 393 g/mol. The third kappa shape index (κ3) is 4.74. The van der Waals surface area contributed by atoms with Crippen molar-refractivity contribution in [1.29, 1.82) is 0 Å². The van der Waals surface area contributed by atoms with E-state index in [0.29, 0.717) is 36.6 Å². The number of hydrogen-bond acceptors (Lipinski definition) is 3. The van der Waals surface area contributed by atoms with E-state index in [2.05, 4.69) is 6.58 Å². The van der Waals surface area contributed by atoms with Crippen LogP contribution in [0.4, 0.5) is 4.39 Å². The van der Waals surface area contributed by atoms with E-state index in [4.69, 9.17) is 21.1 Å². The summed E-state index contributed by atoms with van der Waals surface area (Å²) in [5.41, 5.74) is 3.59. The molecule has 2 aromatic rings. The molecule has 1 aromatic heterocycles. The van der Waals surface area contributed by atoms with Gasteiger partial charge in [-0.1, -0.05) is 18.2 Å². The van der Waals surface area contributed by atoms with Gasteiger partial charge in [0.2, 0.25) is 0 Å². The minimum atomic E-state index is -0.463. The lowest BCUT2D eigenvalue weighted by Gasteiger charge is -2.26. The minimum Gasteiger partial charge on any atom is -0.494 e. The SMILES string of the molecule is C=C(/C=C(F)\C(=C/C)OC)Cn1cc([C@H]2C[C@@H](O)CCO2)c2cc(Cl)cc(C)c21. The maximum absolute atomic E-state index is 14.3. The van der Waals surface area contributed by atoms with Crippen molar-refractivity contribution in [2.75, 3.05) is 13.7 Å². The summed E-state index contributed by atoms with van der Waals surface area (Å²) in [5.74, 6) is -0.285. The number of aliphatic hydroxyl groups is 1. The highest BCUT2D eigenvalue weighted by molar-refractivity contribution is 6.31. The Hall–Kier alpha value is -2.08. The average Bonchev–Trinajstić information content (AvgIpc) is 3.00. The van der Waals surface area contributed by atoms with E-state index in [1.807, 2.05) is 29.8 Å². The standard InChI is InChI=1S/C23H27ClFNO3/c1-5-21(28-4)20(25)8-14(2)12-26-13-19(22-11-17(27)6-7-29-22)18-10-16(24)9-15(3)23(18)26/h5,8-10,13,17,22,27H,2,6-7,11-12H2,1,3-4H3/b20-8+,21-5+/t17-,22+/m0/s1. The molecule has 1 saturated heterocycles. The number of rotatable bonds is 6. The zero-order valence-electron chi connectivity index (χ0n) is 17.0. The molecule has 2 heterocycles. The largest absolute Gasteiger partial charge is 0.494 e. The van der Waals surface area contributed by atoms with Crippen LogP contribution >= 0.6 is 11.6 Å². The number of fused-ring (bicyclic) bond motifs is 1. The summed E-state index contributed by atoms with van der Waals surface area (Å²) in [6, 6.07) is 3.82. The number of benzene rings is 1. The Morgan fingerprint density at radius 2 is 2.24 bits per heavy atom. The first-order valence-corrected chi connectivity index (χ1v) is 10.1. The molecule has 0 bridgehead atoms. The van der Waals surface area contributed by atoms with Gasteiger partial charge < -0.3 is 19.1 Å². The molecule has 1 aliphatic heterocycles. The normalized spacial score (nSPS) is 20.9. The van der Waals surface area contributed by atoms with Crippen LogP contribution in [0, 0.1) is 6.92 Å². The molecule has 1 aromatic carbocycles. The van der Waals surface area contributed by atoms with Crippen molar-refractivity contribution in [1.82, 2.24) is 4.57 Å². The number of aromatic nitrogens is 1. The molecule has 1 N–H and O–H groups in total. The molecule has 0 radical (unpaired) electrons. The molecule has 4 nitrogen and oxygen atoms in total. The Balaban J connectivity index is 2.00. The maximum Gasteiger partial charge on any atom is 0.165 e. The van der Waals surface area contributed by atoms with E-state index in [-0.39, 0.29) is 18.0 Å². The Kier molecular flexibility index (Phi) is 6.83.